The lowest BCUT2D eigenvalue weighted by Crippen LogP contribution is -2.42. The van der Waals surface area contributed by atoms with Gasteiger partial charge in [-0.05, 0) is 32.8 Å². The molecule has 1 aromatic carbocycles. The zero-order valence-electron chi connectivity index (χ0n) is 11.8. The van der Waals surface area contributed by atoms with Gasteiger partial charge in [0, 0.05) is 36.9 Å². The number of anilines is 1. The molecule has 20 heavy (non-hydrogen) atoms. The van der Waals surface area contributed by atoms with Gasteiger partial charge in [-0.3, -0.25) is 10.1 Å². The smallest absolute Gasteiger partial charge is 0.274 e. The second-order valence-corrected chi connectivity index (χ2v) is 5.50. The number of nitro groups is 1. The molecule has 0 aromatic heterocycles. The van der Waals surface area contributed by atoms with Crippen LogP contribution in [0.1, 0.15) is 26.7 Å². The Balaban J connectivity index is 1.99. The summed E-state index contributed by atoms with van der Waals surface area (Å²) in [5.74, 6) is -0.582. The summed E-state index contributed by atoms with van der Waals surface area (Å²) >= 11 is 0. The molecule has 1 fully saturated rings. The Labute approximate surface area is 117 Å². The van der Waals surface area contributed by atoms with Gasteiger partial charge in [0.25, 0.3) is 5.69 Å². The van der Waals surface area contributed by atoms with E-state index in [4.69, 9.17) is 0 Å². The fourth-order valence-corrected chi connectivity index (χ4v) is 2.56. The molecule has 1 aliphatic rings. The van der Waals surface area contributed by atoms with Crippen molar-refractivity contribution in [1.29, 1.82) is 0 Å². The third kappa shape index (κ3) is 3.66. The second-order valence-electron chi connectivity index (χ2n) is 5.50. The molecule has 0 aliphatic carbocycles. The van der Waals surface area contributed by atoms with Crippen LogP contribution >= 0.6 is 0 Å². The maximum Gasteiger partial charge on any atom is 0.274 e. The summed E-state index contributed by atoms with van der Waals surface area (Å²) in [7, 11) is 0. The number of benzene rings is 1. The summed E-state index contributed by atoms with van der Waals surface area (Å²) in [4.78, 5) is 12.5. The molecule has 1 aliphatic heterocycles. The molecule has 1 heterocycles. The van der Waals surface area contributed by atoms with Crippen LogP contribution < -0.4 is 5.32 Å². The Hall–Kier alpha value is -1.69. The van der Waals surface area contributed by atoms with Crippen LogP contribution in [0.3, 0.4) is 0 Å². The lowest BCUT2D eigenvalue weighted by atomic mass is 10.0. The molecule has 0 radical (unpaired) electrons. The van der Waals surface area contributed by atoms with Gasteiger partial charge in [0.1, 0.15) is 5.82 Å². The van der Waals surface area contributed by atoms with E-state index in [0.29, 0.717) is 11.7 Å². The third-order valence-electron chi connectivity index (χ3n) is 3.72. The summed E-state index contributed by atoms with van der Waals surface area (Å²) in [6.07, 6.45) is 1.92. The van der Waals surface area contributed by atoms with Gasteiger partial charge in [0.05, 0.1) is 11.0 Å². The van der Waals surface area contributed by atoms with Gasteiger partial charge in [-0.15, -0.1) is 0 Å². The number of nitrogens with zero attached hydrogens (tertiary/aromatic N) is 2. The van der Waals surface area contributed by atoms with Crippen molar-refractivity contribution in [2.24, 2.45) is 0 Å². The minimum absolute atomic E-state index is 0.216. The van der Waals surface area contributed by atoms with E-state index in [0.717, 1.165) is 32.0 Å². The van der Waals surface area contributed by atoms with Gasteiger partial charge in [-0.2, -0.15) is 0 Å². The van der Waals surface area contributed by atoms with Crippen molar-refractivity contribution >= 4 is 11.4 Å². The van der Waals surface area contributed by atoms with Crippen LogP contribution in [-0.2, 0) is 0 Å². The largest absolute Gasteiger partial charge is 0.382 e. The molecule has 5 nitrogen and oxygen atoms in total. The summed E-state index contributed by atoms with van der Waals surface area (Å²) in [6.45, 7) is 6.33. The van der Waals surface area contributed by atoms with Gasteiger partial charge < -0.3 is 10.2 Å². The standard InChI is InChI=1S/C14H20FN3O2/c1-10(2)17-5-3-12(4-6-17)16-13-7-11(15)8-14(9-13)18(19)20/h7-10,12,16H,3-6H2,1-2H3. The van der Waals surface area contributed by atoms with Crippen LogP contribution in [0.4, 0.5) is 15.8 Å². The van der Waals surface area contributed by atoms with Crippen molar-refractivity contribution in [3.63, 3.8) is 0 Å². The number of likely N-dealkylation sites (tertiary alicyclic amines) is 1. The lowest BCUT2D eigenvalue weighted by Gasteiger charge is -2.35. The fraction of sp³-hybridized carbons (Fsp3) is 0.571. The van der Waals surface area contributed by atoms with Crippen LogP contribution in [0.5, 0.6) is 0 Å². The number of hydrogen-bond acceptors (Lipinski definition) is 4. The Morgan fingerprint density at radius 1 is 1.35 bits per heavy atom. The van der Waals surface area contributed by atoms with Crippen molar-refractivity contribution in [2.75, 3.05) is 18.4 Å². The third-order valence-corrected chi connectivity index (χ3v) is 3.72. The summed E-state index contributed by atoms with van der Waals surface area (Å²) in [5.41, 5.74) is 0.270. The lowest BCUT2D eigenvalue weighted by molar-refractivity contribution is -0.385. The first-order chi connectivity index (χ1) is 9.45. The average Bonchev–Trinajstić information content (AvgIpc) is 2.38. The van der Waals surface area contributed by atoms with Crippen LogP contribution in [0.2, 0.25) is 0 Å². The summed E-state index contributed by atoms with van der Waals surface area (Å²) in [5, 5.41) is 13.9. The number of rotatable bonds is 4. The Morgan fingerprint density at radius 3 is 2.55 bits per heavy atom. The molecule has 0 spiro atoms. The van der Waals surface area contributed by atoms with Gasteiger partial charge in [-0.25, -0.2) is 4.39 Å². The molecule has 1 aromatic rings. The molecule has 0 bridgehead atoms. The van der Waals surface area contributed by atoms with Gasteiger partial charge in [-0.1, -0.05) is 0 Å². The monoisotopic (exact) mass is 281 g/mol. The number of hydrogen-bond donors (Lipinski definition) is 1. The van der Waals surface area contributed by atoms with Crippen molar-refractivity contribution in [3.05, 3.63) is 34.1 Å². The van der Waals surface area contributed by atoms with Crippen molar-refractivity contribution in [3.8, 4) is 0 Å². The minimum atomic E-state index is -0.582. The number of non-ortho nitro benzene ring substituents is 1. The van der Waals surface area contributed by atoms with Crippen LogP contribution in [0.15, 0.2) is 18.2 Å². The highest BCUT2D eigenvalue weighted by molar-refractivity contribution is 5.52. The van der Waals surface area contributed by atoms with E-state index in [2.05, 4.69) is 24.1 Å². The quantitative estimate of drug-likeness (QED) is 0.681. The second kappa shape index (κ2) is 6.17. The van der Waals surface area contributed by atoms with E-state index >= 15 is 0 Å². The molecule has 110 valence electrons. The van der Waals surface area contributed by atoms with Gasteiger partial charge in [0.2, 0.25) is 0 Å². The molecular weight excluding hydrogens is 261 g/mol. The number of nitrogens with one attached hydrogen (secondary N) is 1. The highest BCUT2D eigenvalue weighted by Crippen LogP contribution is 2.23. The first-order valence-electron chi connectivity index (χ1n) is 6.91. The molecule has 2 rings (SSSR count). The molecule has 0 unspecified atom stereocenters. The normalized spacial score (nSPS) is 17.4. The predicted octanol–water partition coefficient (Wildman–Crippen LogP) is 3.02. The predicted molar refractivity (Wildman–Crippen MR) is 76.4 cm³/mol. The molecule has 1 N–H and O–H groups in total. The van der Waals surface area contributed by atoms with E-state index < -0.39 is 10.7 Å². The summed E-state index contributed by atoms with van der Waals surface area (Å²) in [6, 6.07) is 4.41. The first-order valence-corrected chi connectivity index (χ1v) is 6.91. The minimum Gasteiger partial charge on any atom is -0.382 e. The van der Waals surface area contributed by atoms with Crippen LogP contribution in [0, 0.1) is 15.9 Å². The topological polar surface area (TPSA) is 58.4 Å². The molecular formula is C14H20FN3O2. The molecule has 0 amide bonds. The maximum atomic E-state index is 13.4. The Bertz CT molecular complexity index is 485. The average molecular weight is 281 g/mol. The SMILES string of the molecule is CC(C)N1CCC(Nc2cc(F)cc([N+](=O)[O-])c2)CC1. The first kappa shape index (κ1) is 14.7. The molecule has 6 heteroatoms. The van der Waals surface area contributed by atoms with Crippen LogP contribution in [0.25, 0.3) is 0 Å². The highest BCUT2D eigenvalue weighted by Gasteiger charge is 2.21. The van der Waals surface area contributed by atoms with Crippen molar-refractivity contribution in [2.45, 2.75) is 38.8 Å². The van der Waals surface area contributed by atoms with E-state index in [1.165, 1.54) is 12.1 Å². The Morgan fingerprint density at radius 2 is 2.00 bits per heavy atom. The molecule has 1 saturated heterocycles. The van der Waals surface area contributed by atoms with E-state index in [1.807, 2.05) is 0 Å². The summed E-state index contributed by atoms with van der Waals surface area (Å²) < 4.78 is 13.4. The number of piperidine rings is 1. The fourth-order valence-electron chi connectivity index (χ4n) is 2.56. The molecule has 0 atom stereocenters. The van der Waals surface area contributed by atoms with Gasteiger partial charge in [0.15, 0.2) is 0 Å². The number of nitro benzene ring substituents is 1. The zero-order valence-corrected chi connectivity index (χ0v) is 11.8. The highest BCUT2D eigenvalue weighted by atomic mass is 19.1. The Kier molecular flexibility index (Phi) is 4.54. The molecule has 0 saturated carbocycles. The van der Waals surface area contributed by atoms with Crippen molar-refractivity contribution < 1.29 is 9.31 Å². The van der Waals surface area contributed by atoms with E-state index in [-0.39, 0.29) is 11.7 Å². The van der Waals surface area contributed by atoms with Gasteiger partial charge >= 0.3 is 0 Å². The van der Waals surface area contributed by atoms with E-state index in [9.17, 15) is 14.5 Å². The van der Waals surface area contributed by atoms with Crippen LogP contribution in [-0.4, -0.2) is 35.0 Å². The van der Waals surface area contributed by atoms with Crippen molar-refractivity contribution in [1.82, 2.24) is 4.90 Å². The zero-order chi connectivity index (χ0) is 14.7. The number of halogens is 1. The maximum absolute atomic E-state index is 13.4. The van der Waals surface area contributed by atoms with E-state index in [1.54, 1.807) is 0 Å².